The molecular formula is C18H21N3O5S2. The first-order valence-corrected chi connectivity index (χ1v) is 12.1. The van der Waals surface area contributed by atoms with Crippen molar-refractivity contribution < 1.29 is 21.6 Å². The summed E-state index contributed by atoms with van der Waals surface area (Å²) in [4.78, 5) is 2.24. The van der Waals surface area contributed by atoms with Crippen LogP contribution in [0.25, 0.3) is 0 Å². The highest BCUT2D eigenvalue weighted by Gasteiger charge is 2.37. The van der Waals surface area contributed by atoms with Gasteiger partial charge in [0.2, 0.25) is 20.0 Å². The zero-order valence-electron chi connectivity index (χ0n) is 15.3. The van der Waals surface area contributed by atoms with Gasteiger partial charge in [-0.15, -0.1) is 0 Å². The van der Waals surface area contributed by atoms with E-state index in [-0.39, 0.29) is 16.8 Å². The van der Waals surface area contributed by atoms with E-state index in [1.165, 1.54) is 6.07 Å². The number of ether oxygens (including phenoxy) is 1. The molecule has 0 spiro atoms. The molecule has 2 aliphatic rings. The predicted molar refractivity (Wildman–Crippen MR) is 107 cm³/mol. The van der Waals surface area contributed by atoms with Gasteiger partial charge in [0.15, 0.2) is 0 Å². The van der Waals surface area contributed by atoms with Gasteiger partial charge in [-0.1, -0.05) is 6.07 Å². The minimum absolute atomic E-state index is 0.0364. The average Bonchev–Trinajstić information content (AvgIpc) is 3.09. The Hall–Kier alpha value is -2.30. The molecule has 150 valence electrons. The summed E-state index contributed by atoms with van der Waals surface area (Å²) in [7, 11) is -7.01. The zero-order chi connectivity index (χ0) is 19.9. The topological polar surface area (TPSA) is 105 Å². The average molecular weight is 424 g/mol. The molecule has 8 nitrogen and oxygen atoms in total. The molecule has 0 aromatic heterocycles. The van der Waals surface area contributed by atoms with E-state index in [0.29, 0.717) is 22.9 Å². The minimum atomic E-state index is -3.61. The number of rotatable bonds is 5. The number of hydrogen-bond donors (Lipinski definition) is 2. The molecule has 2 aliphatic heterocycles. The van der Waals surface area contributed by atoms with Gasteiger partial charge in [-0.2, -0.15) is 4.72 Å². The van der Waals surface area contributed by atoms with Gasteiger partial charge in [-0.05, 0) is 44.0 Å². The normalized spacial score (nSPS) is 20.3. The third kappa shape index (κ3) is 3.67. The van der Waals surface area contributed by atoms with Gasteiger partial charge in [0.05, 0.1) is 23.3 Å². The molecule has 1 unspecified atom stereocenters. The van der Waals surface area contributed by atoms with E-state index >= 15 is 0 Å². The maximum absolute atomic E-state index is 12.6. The van der Waals surface area contributed by atoms with E-state index in [2.05, 4.69) is 14.3 Å². The largest absolute Gasteiger partial charge is 0.457 e. The fourth-order valence-electron chi connectivity index (χ4n) is 3.44. The molecule has 0 amide bonds. The summed E-state index contributed by atoms with van der Waals surface area (Å²) in [6.45, 7) is 2.36. The second kappa shape index (κ2) is 6.94. The number of nitrogens with zero attached hydrogens (tertiary/aromatic N) is 1. The molecule has 0 saturated carbocycles. The number of sulfonamides is 2. The highest BCUT2D eigenvalue weighted by Crippen LogP contribution is 2.38. The summed E-state index contributed by atoms with van der Waals surface area (Å²) < 4.78 is 59.6. The van der Waals surface area contributed by atoms with Crippen molar-refractivity contribution >= 4 is 31.4 Å². The van der Waals surface area contributed by atoms with Crippen LogP contribution >= 0.6 is 0 Å². The summed E-state index contributed by atoms with van der Waals surface area (Å²) in [6.07, 6.45) is 1.54. The van der Waals surface area contributed by atoms with Crippen LogP contribution in [0.5, 0.6) is 11.5 Å². The van der Waals surface area contributed by atoms with Crippen molar-refractivity contribution in [1.82, 2.24) is 4.72 Å². The van der Waals surface area contributed by atoms with Crippen molar-refractivity contribution in [3.05, 3.63) is 42.5 Å². The molecule has 1 atom stereocenters. The summed E-state index contributed by atoms with van der Waals surface area (Å²) in [5, 5.41) is 0. The van der Waals surface area contributed by atoms with E-state index in [1.54, 1.807) is 43.3 Å². The molecule has 2 N–H and O–H groups in total. The van der Waals surface area contributed by atoms with E-state index in [9.17, 15) is 16.8 Å². The second-order valence-corrected chi connectivity index (χ2v) is 10.4. The Kier molecular flexibility index (Phi) is 4.72. The summed E-state index contributed by atoms with van der Waals surface area (Å²) in [5.74, 6) is 0.722. The van der Waals surface area contributed by atoms with Crippen molar-refractivity contribution in [1.29, 1.82) is 0 Å². The molecule has 2 heterocycles. The fraction of sp³-hybridized carbons (Fsp3) is 0.333. The van der Waals surface area contributed by atoms with Crippen LogP contribution in [-0.4, -0.2) is 35.3 Å². The van der Waals surface area contributed by atoms with Crippen molar-refractivity contribution in [2.75, 3.05) is 21.9 Å². The molecule has 2 aromatic rings. The number of nitrogens with one attached hydrogen (secondary N) is 2. The first-order chi connectivity index (χ1) is 13.3. The quantitative estimate of drug-likeness (QED) is 0.765. The van der Waals surface area contributed by atoms with Crippen LogP contribution in [0, 0.1) is 0 Å². The molecule has 4 rings (SSSR count). The van der Waals surface area contributed by atoms with Crippen LogP contribution in [0.1, 0.15) is 19.8 Å². The highest BCUT2D eigenvalue weighted by atomic mass is 32.2. The lowest BCUT2D eigenvalue weighted by Gasteiger charge is -2.33. The molecule has 0 bridgehead atoms. The molecule has 0 radical (unpaired) electrons. The van der Waals surface area contributed by atoms with Gasteiger partial charge < -0.3 is 9.64 Å². The first kappa shape index (κ1) is 19.0. The molecule has 0 aliphatic carbocycles. The first-order valence-electron chi connectivity index (χ1n) is 8.99. The maximum Gasteiger partial charge on any atom is 0.244 e. The fourth-order valence-corrected chi connectivity index (χ4v) is 5.53. The molecule has 10 heteroatoms. The Labute approximate surface area is 164 Å². The van der Waals surface area contributed by atoms with Crippen LogP contribution in [0.2, 0.25) is 0 Å². The zero-order valence-corrected chi connectivity index (χ0v) is 16.9. The number of benzene rings is 2. The minimum Gasteiger partial charge on any atom is -0.457 e. The summed E-state index contributed by atoms with van der Waals surface area (Å²) in [6, 6.07) is 11.5. The number of anilines is 2. The second-order valence-electron chi connectivity index (χ2n) is 6.74. The lowest BCUT2D eigenvalue weighted by atomic mass is 10.2. The Morgan fingerprint density at radius 2 is 2.00 bits per heavy atom. The smallest absolute Gasteiger partial charge is 0.244 e. The third-order valence-electron chi connectivity index (χ3n) is 4.80. The Balaban J connectivity index is 1.62. The third-order valence-corrected chi connectivity index (χ3v) is 7.59. The van der Waals surface area contributed by atoms with Gasteiger partial charge >= 0.3 is 0 Å². The highest BCUT2D eigenvalue weighted by molar-refractivity contribution is 7.92. The van der Waals surface area contributed by atoms with Crippen molar-refractivity contribution in [2.24, 2.45) is 0 Å². The SMILES string of the molecule is CCS(=O)(=O)Nc1cccc(Oc2ccc3c(c2)S(=O)(=O)NC2CCCN32)c1. The van der Waals surface area contributed by atoms with Crippen LogP contribution in [0.4, 0.5) is 11.4 Å². The predicted octanol–water partition coefficient (Wildman–Crippen LogP) is 2.46. The van der Waals surface area contributed by atoms with E-state index in [4.69, 9.17) is 4.74 Å². The standard InChI is InChI=1S/C18H21N3O5S2/c1-2-27(22,23)19-13-5-3-6-14(11-13)26-15-8-9-16-17(12-15)28(24,25)20-18-7-4-10-21(16)18/h3,5-6,8-9,11-12,18-20H,2,4,7,10H2,1H3. The van der Waals surface area contributed by atoms with E-state index in [1.807, 2.05) is 0 Å². The van der Waals surface area contributed by atoms with Gasteiger partial charge in [-0.3, -0.25) is 4.72 Å². The number of hydrogen-bond acceptors (Lipinski definition) is 6. The van der Waals surface area contributed by atoms with E-state index < -0.39 is 20.0 Å². The van der Waals surface area contributed by atoms with Crippen LogP contribution in [-0.2, 0) is 20.0 Å². The molecule has 1 fully saturated rings. The van der Waals surface area contributed by atoms with Crippen molar-refractivity contribution in [2.45, 2.75) is 30.8 Å². The molecular weight excluding hydrogens is 402 g/mol. The molecule has 28 heavy (non-hydrogen) atoms. The Morgan fingerprint density at radius 3 is 2.79 bits per heavy atom. The van der Waals surface area contributed by atoms with E-state index in [0.717, 1.165) is 19.4 Å². The summed E-state index contributed by atoms with van der Waals surface area (Å²) >= 11 is 0. The number of fused-ring (bicyclic) bond motifs is 3. The van der Waals surface area contributed by atoms with Gasteiger partial charge in [0.25, 0.3) is 0 Å². The van der Waals surface area contributed by atoms with Gasteiger partial charge in [0, 0.05) is 18.7 Å². The van der Waals surface area contributed by atoms with Crippen LogP contribution in [0.3, 0.4) is 0 Å². The lowest BCUT2D eigenvalue weighted by molar-refractivity contribution is 0.479. The van der Waals surface area contributed by atoms with Gasteiger partial charge in [-0.25, -0.2) is 16.8 Å². The van der Waals surface area contributed by atoms with Crippen molar-refractivity contribution in [3.63, 3.8) is 0 Å². The van der Waals surface area contributed by atoms with Gasteiger partial charge in [0.1, 0.15) is 16.4 Å². The lowest BCUT2D eigenvalue weighted by Crippen LogP contribution is -2.48. The molecule has 1 saturated heterocycles. The van der Waals surface area contributed by atoms with Crippen molar-refractivity contribution in [3.8, 4) is 11.5 Å². The maximum atomic E-state index is 12.6. The van der Waals surface area contributed by atoms with Crippen LogP contribution in [0.15, 0.2) is 47.4 Å². The Morgan fingerprint density at radius 1 is 1.21 bits per heavy atom. The van der Waals surface area contributed by atoms with Crippen LogP contribution < -0.4 is 19.1 Å². The Bertz CT molecular complexity index is 1120. The summed E-state index contributed by atoms with van der Waals surface area (Å²) in [5.41, 5.74) is 1.06. The monoisotopic (exact) mass is 423 g/mol. The molecule has 2 aromatic carbocycles.